The molecular formula is C10H11NO3S. The fourth-order valence-electron chi connectivity index (χ4n) is 0.985. The number of carbonyl (C=O) groups is 1. The van der Waals surface area contributed by atoms with E-state index in [1.54, 1.807) is 24.3 Å². The van der Waals surface area contributed by atoms with Gasteiger partial charge in [0.2, 0.25) is 0 Å². The lowest BCUT2D eigenvalue weighted by atomic mass is 10.2. The van der Waals surface area contributed by atoms with Gasteiger partial charge in [-0.15, -0.1) is 0 Å². The third-order valence-corrected chi connectivity index (χ3v) is 1.75. The van der Waals surface area contributed by atoms with Gasteiger partial charge in [-0.2, -0.15) is 0 Å². The quantitative estimate of drug-likeness (QED) is 0.615. The van der Waals surface area contributed by atoms with E-state index in [1.807, 2.05) is 0 Å². The largest absolute Gasteiger partial charge is 0.486 e. The second-order valence-electron chi connectivity index (χ2n) is 2.77. The zero-order valence-electron chi connectivity index (χ0n) is 8.23. The van der Waals surface area contributed by atoms with E-state index in [1.165, 1.54) is 7.11 Å². The highest BCUT2D eigenvalue weighted by Crippen LogP contribution is 2.13. The number of benzene rings is 1. The molecule has 0 radical (unpaired) electrons. The van der Waals surface area contributed by atoms with Crippen LogP contribution in [-0.2, 0) is 4.74 Å². The highest BCUT2D eigenvalue weighted by molar-refractivity contribution is 7.80. The van der Waals surface area contributed by atoms with Crippen molar-refractivity contribution in [3.63, 3.8) is 0 Å². The summed E-state index contributed by atoms with van der Waals surface area (Å²) in [5.41, 5.74) is 5.71. The molecule has 0 atom stereocenters. The summed E-state index contributed by atoms with van der Waals surface area (Å²) in [4.78, 5) is 11.4. The summed E-state index contributed by atoms with van der Waals surface area (Å²) >= 11 is 4.66. The fourth-order valence-corrected chi connectivity index (χ4v) is 1.04. The van der Waals surface area contributed by atoms with Crippen LogP contribution in [0.3, 0.4) is 0 Å². The van der Waals surface area contributed by atoms with Crippen LogP contribution in [0.25, 0.3) is 0 Å². The normalized spacial score (nSPS) is 9.40. The van der Waals surface area contributed by atoms with Gasteiger partial charge >= 0.3 is 5.97 Å². The van der Waals surface area contributed by atoms with Crippen molar-refractivity contribution in [2.24, 2.45) is 5.73 Å². The molecule has 2 N–H and O–H groups in total. The minimum atomic E-state index is -0.407. The van der Waals surface area contributed by atoms with E-state index < -0.39 is 5.97 Å². The van der Waals surface area contributed by atoms with Gasteiger partial charge in [-0.1, -0.05) is 18.3 Å². The van der Waals surface area contributed by atoms with Crippen LogP contribution in [0.2, 0.25) is 0 Å². The van der Waals surface area contributed by atoms with E-state index in [4.69, 9.17) is 10.5 Å². The van der Waals surface area contributed by atoms with Crippen molar-refractivity contribution in [2.45, 2.75) is 0 Å². The molecule has 4 nitrogen and oxygen atoms in total. The number of ether oxygens (including phenoxy) is 2. The zero-order chi connectivity index (χ0) is 11.3. The molecule has 5 heteroatoms. The predicted octanol–water partition coefficient (Wildman–Crippen LogP) is 1.14. The first-order valence-corrected chi connectivity index (χ1v) is 4.64. The van der Waals surface area contributed by atoms with Gasteiger partial charge in [0, 0.05) is 0 Å². The van der Waals surface area contributed by atoms with Gasteiger partial charge in [0.1, 0.15) is 17.3 Å². The van der Waals surface area contributed by atoms with E-state index in [-0.39, 0.29) is 11.6 Å². The maximum Gasteiger partial charge on any atom is 0.337 e. The van der Waals surface area contributed by atoms with E-state index in [0.717, 1.165) is 0 Å². The first-order chi connectivity index (χ1) is 7.13. The fraction of sp³-hybridized carbons (Fsp3) is 0.200. The summed E-state index contributed by atoms with van der Waals surface area (Å²) in [5, 5.41) is 0. The van der Waals surface area contributed by atoms with Crippen molar-refractivity contribution in [3.8, 4) is 5.75 Å². The molecule has 0 aliphatic rings. The summed E-state index contributed by atoms with van der Waals surface area (Å²) < 4.78 is 9.80. The predicted molar refractivity (Wildman–Crippen MR) is 60.1 cm³/mol. The number of methoxy groups -OCH3 is 1. The molecule has 0 heterocycles. The van der Waals surface area contributed by atoms with Gasteiger partial charge in [0.15, 0.2) is 0 Å². The lowest BCUT2D eigenvalue weighted by Gasteiger charge is -2.05. The van der Waals surface area contributed by atoms with Crippen molar-refractivity contribution in [3.05, 3.63) is 29.8 Å². The van der Waals surface area contributed by atoms with Gasteiger partial charge in [0.05, 0.1) is 12.7 Å². The van der Waals surface area contributed by atoms with Gasteiger partial charge < -0.3 is 15.2 Å². The van der Waals surface area contributed by atoms with Crippen molar-refractivity contribution in [1.82, 2.24) is 0 Å². The summed E-state index contributed by atoms with van der Waals surface area (Å²) in [5.74, 6) is 0.126. The molecule has 0 saturated carbocycles. The third-order valence-electron chi connectivity index (χ3n) is 1.64. The number of thiocarbonyl (C=S) groups is 1. The summed E-state index contributed by atoms with van der Waals surface area (Å²) in [6.45, 7) is 0.153. The maximum absolute atomic E-state index is 11.2. The first kappa shape index (κ1) is 11.5. The Bertz CT molecular complexity index is 379. The minimum absolute atomic E-state index is 0.153. The molecule has 1 aromatic carbocycles. The van der Waals surface area contributed by atoms with Gasteiger partial charge in [-0.3, -0.25) is 0 Å². The molecule has 0 amide bonds. The van der Waals surface area contributed by atoms with Crippen LogP contribution in [0.5, 0.6) is 5.75 Å². The molecule has 0 unspecified atom stereocenters. The second kappa shape index (κ2) is 5.31. The highest BCUT2D eigenvalue weighted by atomic mass is 32.1. The molecule has 0 spiro atoms. The average molecular weight is 225 g/mol. The molecular weight excluding hydrogens is 214 g/mol. The number of nitrogens with two attached hydrogens (primary N) is 1. The van der Waals surface area contributed by atoms with Gasteiger partial charge in [-0.05, 0) is 18.2 Å². The molecule has 1 aromatic rings. The molecule has 0 aromatic heterocycles. The topological polar surface area (TPSA) is 61.5 Å². The zero-order valence-corrected chi connectivity index (χ0v) is 9.04. The van der Waals surface area contributed by atoms with E-state index in [0.29, 0.717) is 11.3 Å². The Morgan fingerprint density at radius 3 is 2.87 bits per heavy atom. The summed E-state index contributed by atoms with van der Waals surface area (Å²) in [7, 11) is 1.32. The van der Waals surface area contributed by atoms with Crippen molar-refractivity contribution >= 4 is 23.2 Å². The Hall–Kier alpha value is -1.62. The SMILES string of the molecule is COC(=O)c1cccc(OCC(N)=S)c1. The number of esters is 1. The molecule has 80 valence electrons. The monoisotopic (exact) mass is 225 g/mol. The van der Waals surface area contributed by atoms with Gasteiger partial charge in [-0.25, -0.2) is 4.79 Å². The van der Waals surface area contributed by atoms with Crippen molar-refractivity contribution in [1.29, 1.82) is 0 Å². The smallest absolute Gasteiger partial charge is 0.337 e. The van der Waals surface area contributed by atoms with Crippen molar-refractivity contribution in [2.75, 3.05) is 13.7 Å². The third kappa shape index (κ3) is 3.55. The molecule has 0 fully saturated rings. The number of rotatable bonds is 4. The van der Waals surface area contributed by atoms with Crippen LogP contribution < -0.4 is 10.5 Å². The van der Waals surface area contributed by atoms with E-state index in [2.05, 4.69) is 17.0 Å². The van der Waals surface area contributed by atoms with Crippen LogP contribution in [0.15, 0.2) is 24.3 Å². The highest BCUT2D eigenvalue weighted by Gasteiger charge is 2.05. The molecule has 0 aliphatic carbocycles. The Morgan fingerprint density at radius 2 is 2.27 bits per heavy atom. The summed E-state index contributed by atoms with van der Waals surface area (Å²) in [6, 6.07) is 6.62. The Kier molecular flexibility index (Phi) is 4.05. The van der Waals surface area contributed by atoms with Crippen LogP contribution in [0.4, 0.5) is 0 Å². The van der Waals surface area contributed by atoms with Gasteiger partial charge in [0.25, 0.3) is 0 Å². The first-order valence-electron chi connectivity index (χ1n) is 4.23. The summed E-state index contributed by atoms with van der Waals surface area (Å²) in [6.07, 6.45) is 0. The van der Waals surface area contributed by atoms with Crippen LogP contribution in [0, 0.1) is 0 Å². The van der Waals surface area contributed by atoms with Crippen LogP contribution >= 0.6 is 12.2 Å². The van der Waals surface area contributed by atoms with Crippen LogP contribution in [0.1, 0.15) is 10.4 Å². The lowest BCUT2D eigenvalue weighted by molar-refractivity contribution is 0.0600. The molecule has 1 rings (SSSR count). The van der Waals surface area contributed by atoms with Crippen molar-refractivity contribution < 1.29 is 14.3 Å². The lowest BCUT2D eigenvalue weighted by Crippen LogP contribution is -2.17. The average Bonchev–Trinajstić information content (AvgIpc) is 2.25. The van der Waals surface area contributed by atoms with E-state index >= 15 is 0 Å². The maximum atomic E-state index is 11.2. The number of hydrogen-bond acceptors (Lipinski definition) is 4. The molecule has 0 saturated heterocycles. The Balaban J connectivity index is 2.74. The van der Waals surface area contributed by atoms with E-state index in [9.17, 15) is 4.79 Å². The molecule has 0 aliphatic heterocycles. The number of hydrogen-bond donors (Lipinski definition) is 1. The van der Waals surface area contributed by atoms with Crippen LogP contribution in [-0.4, -0.2) is 24.7 Å². The Morgan fingerprint density at radius 1 is 1.53 bits per heavy atom. The minimum Gasteiger partial charge on any atom is -0.486 e. The molecule has 0 bridgehead atoms. The number of carbonyl (C=O) groups excluding carboxylic acids is 1. The second-order valence-corrected chi connectivity index (χ2v) is 3.30. The molecule has 15 heavy (non-hydrogen) atoms. The Labute approximate surface area is 93.0 Å². The standard InChI is InChI=1S/C10H11NO3S/c1-13-10(12)7-3-2-4-8(5-7)14-6-9(11)15/h2-5H,6H2,1H3,(H2,11,15).